The van der Waals surface area contributed by atoms with Crippen molar-refractivity contribution in [2.24, 2.45) is 0 Å². The molecule has 0 fully saturated rings. The number of aromatic amines is 1. The molecule has 0 saturated heterocycles. The number of hydrogen-bond donors (Lipinski definition) is 2. The maximum Gasteiger partial charge on any atom is 0.459 e. The molecule has 212 valence electrons. The van der Waals surface area contributed by atoms with Crippen LogP contribution in [0.5, 0.6) is 5.75 Å². The Bertz CT molecular complexity index is 1470. The Morgan fingerprint density at radius 1 is 1.10 bits per heavy atom. The van der Waals surface area contributed by atoms with Gasteiger partial charge in [-0.15, -0.1) is 0 Å². The van der Waals surface area contributed by atoms with Crippen molar-refractivity contribution < 1.29 is 27.9 Å². The highest BCUT2D eigenvalue weighted by Gasteiger charge is 2.34. The zero-order valence-corrected chi connectivity index (χ0v) is 23.1. The third-order valence-corrected chi connectivity index (χ3v) is 7.65. The fourth-order valence-corrected chi connectivity index (χ4v) is 5.41. The number of rotatable bonds is 13. The number of aromatic nitrogens is 2. The van der Waals surface area contributed by atoms with E-state index in [0.717, 1.165) is 12.0 Å². The molecule has 1 aromatic heterocycles. The number of hydrogen-bond acceptors (Lipinski definition) is 8. The van der Waals surface area contributed by atoms with Crippen molar-refractivity contribution in [3.8, 4) is 5.75 Å². The number of carbonyl (C=O) groups excluding carboxylic acids is 1. The van der Waals surface area contributed by atoms with Crippen LogP contribution in [0.15, 0.2) is 88.6 Å². The largest absolute Gasteiger partial charge is 0.465 e. The Morgan fingerprint density at radius 2 is 1.80 bits per heavy atom. The molecule has 2 N–H and O–H groups in total. The van der Waals surface area contributed by atoms with Crippen molar-refractivity contribution in [2.45, 2.75) is 45.1 Å². The molecular formula is C28H32N3O8P. The van der Waals surface area contributed by atoms with Crippen LogP contribution in [0.3, 0.4) is 0 Å². The molecule has 0 amide bonds. The van der Waals surface area contributed by atoms with E-state index in [1.807, 2.05) is 30.3 Å². The van der Waals surface area contributed by atoms with E-state index in [1.165, 1.54) is 17.7 Å². The van der Waals surface area contributed by atoms with Crippen LogP contribution >= 0.6 is 7.75 Å². The van der Waals surface area contributed by atoms with E-state index in [1.54, 1.807) is 49.4 Å². The topological polar surface area (TPSA) is 138 Å². The van der Waals surface area contributed by atoms with Gasteiger partial charge in [-0.05, 0) is 50.5 Å². The minimum absolute atomic E-state index is 0.205. The van der Waals surface area contributed by atoms with Crippen LogP contribution in [0, 0.1) is 6.92 Å². The fourth-order valence-electron chi connectivity index (χ4n) is 3.91. The normalized spacial score (nSPS) is 18.6. The van der Waals surface area contributed by atoms with Crippen LogP contribution in [0.25, 0.3) is 0 Å². The number of aryl methyl sites for hydroxylation is 2. The van der Waals surface area contributed by atoms with E-state index in [2.05, 4.69) is 10.1 Å². The number of ether oxygens (including phenoxy) is 2. The molecule has 4 rings (SSSR count). The average Bonchev–Trinajstić information content (AvgIpc) is 3.42. The van der Waals surface area contributed by atoms with Gasteiger partial charge in [0.25, 0.3) is 5.56 Å². The highest BCUT2D eigenvalue weighted by Crippen LogP contribution is 2.45. The highest BCUT2D eigenvalue weighted by atomic mass is 31.2. The van der Waals surface area contributed by atoms with Gasteiger partial charge < -0.3 is 14.0 Å². The molecule has 1 aliphatic heterocycles. The van der Waals surface area contributed by atoms with Crippen molar-refractivity contribution in [1.29, 1.82) is 0 Å². The molecule has 2 aromatic carbocycles. The minimum atomic E-state index is -4.09. The molecule has 2 unspecified atom stereocenters. The second-order valence-corrected chi connectivity index (χ2v) is 10.9. The molecule has 1 aliphatic rings. The maximum atomic E-state index is 13.7. The van der Waals surface area contributed by atoms with Crippen molar-refractivity contribution in [1.82, 2.24) is 14.6 Å². The summed E-state index contributed by atoms with van der Waals surface area (Å²) in [6, 6.07) is 17.3. The van der Waals surface area contributed by atoms with Crippen LogP contribution < -0.4 is 20.9 Å². The number of benzene rings is 2. The first kappa shape index (κ1) is 29.2. The van der Waals surface area contributed by atoms with Gasteiger partial charge in [0.2, 0.25) is 0 Å². The SMILES string of the molecule is Cc1cn([C@H]2C=C[C@@H](COP(=O)(NC(C)C(=O)OCCCc3ccccc3)Oc3ccccc3)O2)c(=O)[nH]c1=O. The lowest BCUT2D eigenvalue weighted by molar-refractivity contribution is -0.145. The summed E-state index contributed by atoms with van der Waals surface area (Å²) in [5.41, 5.74) is 0.395. The van der Waals surface area contributed by atoms with Crippen LogP contribution in [0.1, 0.15) is 30.7 Å². The predicted molar refractivity (Wildman–Crippen MR) is 148 cm³/mol. The van der Waals surface area contributed by atoms with Gasteiger partial charge in [0.1, 0.15) is 17.9 Å². The first-order valence-corrected chi connectivity index (χ1v) is 14.4. The van der Waals surface area contributed by atoms with Crippen LogP contribution in [0.4, 0.5) is 0 Å². The van der Waals surface area contributed by atoms with Crippen molar-refractivity contribution in [3.05, 3.63) is 111 Å². The first-order valence-electron chi connectivity index (χ1n) is 12.9. The Morgan fingerprint density at radius 3 is 2.52 bits per heavy atom. The third kappa shape index (κ3) is 8.12. The van der Waals surface area contributed by atoms with Gasteiger partial charge in [0.05, 0.1) is 13.2 Å². The lowest BCUT2D eigenvalue weighted by Crippen LogP contribution is -2.36. The standard InChI is InChI=1S/C28H32N3O8P/c1-20-18-31(28(34)29-26(20)32)25-16-15-24(38-25)19-37-40(35,39-23-13-7-4-8-14-23)30-21(2)27(33)36-17-9-12-22-10-5-3-6-11-22/h3-8,10-11,13-16,18,21,24-25H,9,12,17,19H2,1-2H3,(H,30,35)(H,29,32,34)/t21?,24-,25+,40?/m0/s1. The number of nitrogens with zero attached hydrogens (tertiary/aromatic N) is 1. The van der Waals surface area contributed by atoms with Gasteiger partial charge in [-0.3, -0.25) is 23.7 Å². The minimum Gasteiger partial charge on any atom is -0.465 e. The monoisotopic (exact) mass is 569 g/mol. The van der Waals surface area contributed by atoms with E-state index in [4.69, 9.17) is 18.5 Å². The van der Waals surface area contributed by atoms with E-state index in [9.17, 15) is 18.9 Å². The second kappa shape index (κ2) is 13.5. The molecule has 11 nitrogen and oxygen atoms in total. The number of H-pyrrole nitrogens is 1. The smallest absolute Gasteiger partial charge is 0.459 e. The molecule has 0 bridgehead atoms. The molecule has 0 aliphatic carbocycles. The fraction of sp³-hybridized carbons (Fsp3) is 0.321. The molecule has 3 aromatic rings. The van der Waals surface area contributed by atoms with Crippen LogP contribution in [0.2, 0.25) is 0 Å². The summed E-state index contributed by atoms with van der Waals surface area (Å²) in [5, 5.41) is 2.65. The first-order chi connectivity index (χ1) is 19.2. The second-order valence-electron chi connectivity index (χ2n) is 9.23. The third-order valence-electron chi connectivity index (χ3n) is 6.00. The Hall–Kier alpha value is -3.76. The maximum absolute atomic E-state index is 13.7. The van der Waals surface area contributed by atoms with Gasteiger partial charge in [-0.2, -0.15) is 5.09 Å². The number of nitrogens with one attached hydrogen (secondary N) is 2. The summed E-state index contributed by atoms with van der Waals surface area (Å²) in [5.74, 6) is -0.323. The Balaban J connectivity index is 1.34. The summed E-state index contributed by atoms with van der Waals surface area (Å²) in [6.45, 7) is 3.08. The summed E-state index contributed by atoms with van der Waals surface area (Å²) in [4.78, 5) is 38.7. The molecule has 0 radical (unpaired) electrons. The van der Waals surface area contributed by atoms with Crippen molar-refractivity contribution >= 4 is 13.7 Å². The van der Waals surface area contributed by atoms with E-state index < -0.39 is 43.3 Å². The van der Waals surface area contributed by atoms with Crippen LogP contribution in [-0.2, 0) is 29.8 Å². The van der Waals surface area contributed by atoms with E-state index in [-0.39, 0.29) is 19.0 Å². The predicted octanol–water partition coefficient (Wildman–Crippen LogP) is 3.66. The lowest BCUT2D eigenvalue weighted by Gasteiger charge is -2.24. The summed E-state index contributed by atoms with van der Waals surface area (Å²) in [6.07, 6.45) is 4.60. The van der Waals surface area contributed by atoms with E-state index in [0.29, 0.717) is 12.0 Å². The van der Waals surface area contributed by atoms with Crippen LogP contribution in [-0.4, -0.2) is 40.9 Å². The molecular weight excluding hydrogens is 537 g/mol. The van der Waals surface area contributed by atoms with Gasteiger partial charge in [0, 0.05) is 11.8 Å². The van der Waals surface area contributed by atoms with Gasteiger partial charge in [-0.25, -0.2) is 9.36 Å². The Kier molecular flexibility index (Phi) is 9.89. The van der Waals surface area contributed by atoms with Gasteiger partial charge >= 0.3 is 19.4 Å². The summed E-state index contributed by atoms with van der Waals surface area (Å²) >= 11 is 0. The molecule has 0 spiro atoms. The quantitative estimate of drug-likeness (QED) is 0.137. The Labute approximate surface area is 231 Å². The average molecular weight is 570 g/mol. The molecule has 12 heteroatoms. The summed E-state index contributed by atoms with van der Waals surface area (Å²) < 4.78 is 37.5. The zero-order valence-electron chi connectivity index (χ0n) is 22.2. The molecule has 2 heterocycles. The molecule has 4 atom stereocenters. The van der Waals surface area contributed by atoms with E-state index >= 15 is 0 Å². The van der Waals surface area contributed by atoms with Gasteiger partial charge in [0.15, 0.2) is 6.23 Å². The molecule has 40 heavy (non-hydrogen) atoms. The summed E-state index contributed by atoms with van der Waals surface area (Å²) in [7, 11) is -4.09. The number of carbonyl (C=O) groups is 1. The number of para-hydroxylation sites is 1. The highest BCUT2D eigenvalue weighted by molar-refractivity contribution is 7.52. The van der Waals surface area contributed by atoms with Crippen molar-refractivity contribution in [2.75, 3.05) is 13.2 Å². The lowest BCUT2D eigenvalue weighted by atomic mass is 10.1. The molecule has 0 saturated carbocycles. The van der Waals surface area contributed by atoms with Gasteiger partial charge in [-0.1, -0.05) is 54.6 Å². The zero-order chi connectivity index (χ0) is 28.5. The number of esters is 1. The van der Waals surface area contributed by atoms with Crippen molar-refractivity contribution in [3.63, 3.8) is 0 Å².